The first-order chi connectivity index (χ1) is 13.6. The lowest BCUT2D eigenvalue weighted by atomic mass is 9.94. The number of ether oxygens (including phenoxy) is 2. The largest absolute Gasteiger partial charge is 0.497 e. The molecule has 0 bridgehead atoms. The van der Waals surface area contributed by atoms with Gasteiger partial charge in [0.15, 0.2) is 0 Å². The van der Waals surface area contributed by atoms with Crippen LogP contribution in [0.15, 0.2) is 24.3 Å². The standard InChI is InChI=1S/C22H32N2O4/c1-23(11-8-17-9-12-28-13-10-17)22(26)19-6-7-21(25)24(16-19)15-18-4-3-5-20(14-18)27-2/h3-5,14,17,19H,6-13,15-16H2,1-2H3/t19-/m1/s1. The van der Waals surface area contributed by atoms with Crippen molar-refractivity contribution >= 4 is 11.8 Å². The highest BCUT2D eigenvalue weighted by atomic mass is 16.5. The first kappa shape index (κ1) is 20.6. The third-order valence-electron chi connectivity index (χ3n) is 5.95. The molecule has 2 amide bonds. The zero-order valence-electron chi connectivity index (χ0n) is 17.1. The number of methoxy groups -OCH3 is 1. The molecule has 28 heavy (non-hydrogen) atoms. The van der Waals surface area contributed by atoms with Crippen LogP contribution in [0.1, 0.15) is 37.7 Å². The van der Waals surface area contributed by atoms with Crippen molar-refractivity contribution in [3.63, 3.8) is 0 Å². The van der Waals surface area contributed by atoms with E-state index in [0.717, 1.165) is 50.3 Å². The lowest BCUT2D eigenvalue weighted by Crippen LogP contribution is -2.46. The molecular formula is C22H32N2O4. The maximum Gasteiger partial charge on any atom is 0.227 e. The van der Waals surface area contributed by atoms with Crippen molar-refractivity contribution in [2.45, 2.75) is 38.6 Å². The van der Waals surface area contributed by atoms with Crippen molar-refractivity contribution in [3.05, 3.63) is 29.8 Å². The van der Waals surface area contributed by atoms with E-state index >= 15 is 0 Å². The Bertz CT molecular complexity index is 672. The van der Waals surface area contributed by atoms with E-state index in [2.05, 4.69) is 0 Å². The number of likely N-dealkylation sites (tertiary alicyclic amines) is 1. The van der Waals surface area contributed by atoms with Crippen molar-refractivity contribution in [2.75, 3.05) is 40.5 Å². The molecule has 1 aromatic carbocycles. The molecule has 154 valence electrons. The zero-order valence-corrected chi connectivity index (χ0v) is 17.1. The van der Waals surface area contributed by atoms with Gasteiger partial charge < -0.3 is 19.3 Å². The third-order valence-corrected chi connectivity index (χ3v) is 5.95. The molecule has 0 spiro atoms. The molecule has 0 aliphatic carbocycles. The van der Waals surface area contributed by atoms with Crippen LogP contribution in [0.4, 0.5) is 0 Å². The fourth-order valence-electron chi connectivity index (χ4n) is 4.09. The lowest BCUT2D eigenvalue weighted by Gasteiger charge is -2.34. The number of benzene rings is 1. The Kier molecular flexibility index (Phi) is 7.31. The van der Waals surface area contributed by atoms with E-state index in [1.165, 1.54) is 0 Å². The molecule has 1 atom stereocenters. The summed E-state index contributed by atoms with van der Waals surface area (Å²) < 4.78 is 10.7. The number of rotatable bonds is 7. The van der Waals surface area contributed by atoms with Crippen molar-refractivity contribution in [2.24, 2.45) is 11.8 Å². The summed E-state index contributed by atoms with van der Waals surface area (Å²) in [5.74, 6) is 1.61. The molecule has 0 unspecified atom stereocenters. The molecule has 2 saturated heterocycles. The van der Waals surface area contributed by atoms with Gasteiger partial charge in [0, 0.05) is 46.3 Å². The Balaban J connectivity index is 1.53. The molecule has 2 aliphatic heterocycles. The highest BCUT2D eigenvalue weighted by Crippen LogP contribution is 2.24. The summed E-state index contributed by atoms with van der Waals surface area (Å²) in [4.78, 5) is 29.0. The molecular weight excluding hydrogens is 356 g/mol. The first-order valence-electron chi connectivity index (χ1n) is 10.3. The summed E-state index contributed by atoms with van der Waals surface area (Å²) in [6, 6.07) is 7.75. The molecule has 0 radical (unpaired) electrons. The van der Waals surface area contributed by atoms with Crippen LogP contribution >= 0.6 is 0 Å². The maximum atomic E-state index is 12.9. The minimum Gasteiger partial charge on any atom is -0.497 e. The molecule has 2 heterocycles. The van der Waals surface area contributed by atoms with Crippen LogP contribution in [-0.4, -0.2) is 62.1 Å². The van der Waals surface area contributed by atoms with Gasteiger partial charge in [0.2, 0.25) is 11.8 Å². The topological polar surface area (TPSA) is 59.1 Å². The van der Waals surface area contributed by atoms with Gasteiger partial charge in [-0.3, -0.25) is 9.59 Å². The Morgan fingerprint density at radius 1 is 1.29 bits per heavy atom. The summed E-state index contributed by atoms with van der Waals surface area (Å²) in [6.07, 6.45) is 4.30. The lowest BCUT2D eigenvalue weighted by molar-refractivity contribution is -0.142. The second-order valence-corrected chi connectivity index (χ2v) is 7.97. The summed E-state index contributed by atoms with van der Waals surface area (Å²) in [5.41, 5.74) is 1.02. The van der Waals surface area contributed by atoms with E-state index in [1.807, 2.05) is 41.1 Å². The smallest absolute Gasteiger partial charge is 0.227 e. The van der Waals surface area contributed by atoms with Gasteiger partial charge in [0.05, 0.1) is 13.0 Å². The molecule has 3 rings (SSSR count). The Hall–Kier alpha value is -2.08. The van der Waals surface area contributed by atoms with Crippen LogP contribution < -0.4 is 4.74 Å². The molecule has 6 heteroatoms. The number of carbonyl (C=O) groups excluding carboxylic acids is 2. The average molecular weight is 389 g/mol. The van der Waals surface area contributed by atoms with E-state index in [0.29, 0.717) is 31.8 Å². The fraction of sp³-hybridized carbons (Fsp3) is 0.636. The second-order valence-electron chi connectivity index (χ2n) is 7.97. The molecule has 0 aromatic heterocycles. The van der Waals surface area contributed by atoms with E-state index in [1.54, 1.807) is 7.11 Å². The van der Waals surface area contributed by atoms with Crippen LogP contribution in [-0.2, 0) is 20.9 Å². The SMILES string of the molecule is COc1cccc(CN2C[C@H](C(=O)N(C)CCC3CCOCC3)CCC2=O)c1. The van der Waals surface area contributed by atoms with Gasteiger partial charge in [-0.1, -0.05) is 12.1 Å². The van der Waals surface area contributed by atoms with E-state index < -0.39 is 0 Å². The number of carbonyl (C=O) groups is 2. The molecule has 1 aromatic rings. The van der Waals surface area contributed by atoms with E-state index in [9.17, 15) is 9.59 Å². The van der Waals surface area contributed by atoms with Crippen LogP contribution in [0.25, 0.3) is 0 Å². The van der Waals surface area contributed by atoms with E-state index in [4.69, 9.17) is 9.47 Å². The van der Waals surface area contributed by atoms with Crippen LogP contribution in [0, 0.1) is 11.8 Å². The Morgan fingerprint density at radius 3 is 2.82 bits per heavy atom. The first-order valence-corrected chi connectivity index (χ1v) is 10.3. The molecule has 0 N–H and O–H groups in total. The van der Waals surface area contributed by atoms with Gasteiger partial charge >= 0.3 is 0 Å². The number of hydrogen-bond donors (Lipinski definition) is 0. The summed E-state index contributed by atoms with van der Waals surface area (Å²) in [5, 5.41) is 0. The minimum atomic E-state index is -0.108. The number of nitrogens with zero attached hydrogens (tertiary/aromatic N) is 2. The predicted octanol–water partition coefficient (Wildman–Crippen LogP) is 2.71. The van der Waals surface area contributed by atoms with Crippen LogP contribution in [0.3, 0.4) is 0 Å². The zero-order chi connectivity index (χ0) is 19.9. The van der Waals surface area contributed by atoms with Gasteiger partial charge in [0.1, 0.15) is 5.75 Å². The van der Waals surface area contributed by atoms with Gasteiger partial charge in [-0.2, -0.15) is 0 Å². The summed E-state index contributed by atoms with van der Waals surface area (Å²) in [7, 11) is 3.53. The van der Waals surface area contributed by atoms with Gasteiger partial charge in [0.25, 0.3) is 0 Å². The normalized spacial score (nSPS) is 20.9. The summed E-state index contributed by atoms with van der Waals surface area (Å²) >= 11 is 0. The third kappa shape index (κ3) is 5.47. The molecule has 6 nitrogen and oxygen atoms in total. The number of piperidine rings is 1. The van der Waals surface area contributed by atoms with Gasteiger partial charge in [-0.15, -0.1) is 0 Å². The monoisotopic (exact) mass is 388 g/mol. The van der Waals surface area contributed by atoms with Gasteiger partial charge in [-0.05, 0) is 49.3 Å². The maximum absolute atomic E-state index is 12.9. The highest BCUT2D eigenvalue weighted by molar-refractivity contribution is 5.83. The second kappa shape index (κ2) is 9.92. The van der Waals surface area contributed by atoms with Crippen molar-refractivity contribution in [3.8, 4) is 5.75 Å². The fourth-order valence-corrected chi connectivity index (χ4v) is 4.09. The number of amides is 2. The average Bonchev–Trinajstić information content (AvgIpc) is 2.74. The van der Waals surface area contributed by atoms with Crippen molar-refractivity contribution < 1.29 is 19.1 Å². The highest BCUT2D eigenvalue weighted by Gasteiger charge is 2.32. The van der Waals surface area contributed by atoms with Crippen LogP contribution in [0.2, 0.25) is 0 Å². The summed E-state index contributed by atoms with van der Waals surface area (Å²) in [6.45, 7) is 3.48. The Morgan fingerprint density at radius 2 is 2.07 bits per heavy atom. The van der Waals surface area contributed by atoms with Gasteiger partial charge in [-0.25, -0.2) is 0 Å². The van der Waals surface area contributed by atoms with E-state index in [-0.39, 0.29) is 17.7 Å². The number of hydrogen-bond acceptors (Lipinski definition) is 4. The Labute approximate surface area is 167 Å². The van der Waals surface area contributed by atoms with Crippen LogP contribution in [0.5, 0.6) is 5.75 Å². The molecule has 2 fully saturated rings. The predicted molar refractivity (Wildman–Crippen MR) is 107 cm³/mol. The molecule has 0 saturated carbocycles. The quantitative estimate of drug-likeness (QED) is 0.721. The minimum absolute atomic E-state index is 0.108. The van der Waals surface area contributed by atoms with Crippen molar-refractivity contribution in [1.29, 1.82) is 0 Å². The molecule has 2 aliphatic rings. The van der Waals surface area contributed by atoms with Crippen molar-refractivity contribution in [1.82, 2.24) is 9.80 Å².